The highest BCUT2D eigenvalue weighted by Crippen LogP contribution is 2.22. The van der Waals surface area contributed by atoms with Crippen LogP contribution >= 0.6 is 11.6 Å². The lowest BCUT2D eigenvalue weighted by Crippen LogP contribution is -1.93. The summed E-state index contributed by atoms with van der Waals surface area (Å²) in [5.74, 6) is 0.507. The van der Waals surface area contributed by atoms with Crippen molar-refractivity contribution in [3.05, 3.63) is 34.9 Å². The third-order valence-corrected chi connectivity index (χ3v) is 2.65. The van der Waals surface area contributed by atoms with Crippen molar-refractivity contribution in [3.8, 4) is 0 Å². The zero-order valence-electron chi connectivity index (χ0n) is 8.37. The van der Waals surface area contributed by atoms with Gasteiger partial charge in [0.1, 0.15) is 6.29 Å². The van der Waals surface area contributed by atoms with Crippen LogP contribution in [0.1, 0.15) is 37.7 Å². The molecule has 0 saturated carbocycles. The van der Waals surface area contributed by atoms with Crippen molar-refractivity contribution in [2.45, 2.75) is 32.1 Å². The molecule has 1 unspecified atom stereocenters. The number of hydrogen-bond donors (Lipinski definition) is 0. The Hall–Kier alpha value is -0.820. The molecule has 1 aromatic carbocycles. The Bertz CT molecular complexity index is 279. The van der Waals surface area contributed by atoms with Gasteiger partial charge in [0, 0.05) is 11.4 Å². The highest BCUT2D eigenvalue weighted by molar-refractivity contribution is 6.30. The van der Waals surface area contributed by atoms with Gasteiger partial charge in [-0.15, -0.1) is 0 Å². The normalized spacial score (nSPS) is 12.4. The largest absolute Gasteiger partial charge is 0.303 e. The summed E-state index contributed by atoms with van der Waals surface area (Å²) in [4.78, 5) is 10.2. The van der Waals surface area contributed by atoms with E-state index in [4.69, 9.17) is 11.6 Å². The first kappa shape index (κ1) is 11.3. The molecule has 0 bridgehead atoms. The highest BCUT2D eigenvalue weighted by atomic mass is 35.5. The molecule has 0 amide bonds. The van der Waals surface area contributed by atoms with Crippen molar-refractivity contribution in [2.24, 2.45) is 0 Å². The molecule has 1 nitrogen and oxygen atoms in total. The Labute approximate surface area is 90.1 Å². The van der Waals surface area contributed by atoms with Crippen molar-refractivity contribution in [2.75, 3.05) is 0 Å². The summed E-state index contributed by atoms with van der Waals surface area (Å²) in [7, 11) is 0. The van der Waals surface area contributed by atoms with Crippen LogP contribution in [0.25, 0.3) is 0 Å². The summed E-state index contributed by atoms with van der Waals surface area (Å²) in [6.45, 7) is 2.17. The molecule has 0 aromatic heterocycles. The zero-order chi connectivity index (χ0) is 10.4. The summed E-state index contributed by atoms with van der Waals surface area (Å²) in [6, 6.07) is 7.92. The van der Waals surface area contributed by atoms with Gasteiger partial charge in [0.15, 0.2) is 0 Å². The van der Waals surface area contributed by atoms with Gasteiger partial charge in [-0.2, -0.15) is 0 Å². The van der Waals surface area contributed by atoms with E-state index in [1.54, 1.807) is 0 Å². The second-order valence-electron chi connectivity index (χ2n) is 3.55. The summed E-state index contributed by atoms with van der Waals surface area (Å²) in [6.07, 6.45) is 3.67. The lowest BCUT2D eigenvalue weighted by atomic mass is 9.96. The lowest BCUT2D eigenvalue weighted by Gasteiger charge is -2.10. The number of hydrogen-bond acceptors (Lipinski definition) is 1. The van der Waals surface area contributed by atoms with Crippen LogP contribution in [0.15, 0.2) is 24.3 Å². The standard InChI is InChI=1S/C12H15ClO/c1-10(4-2-3-9-14)11-5-7-12(13)8-6-11/h5-10H,2-4H2,1H3. The van der Waals surface area contributed by atoms with Crippen LogP contribution in [-0.4, -0.2) is 6.29 Å². The first-order chi connectivity index (χ1) is 6.74. The van der Waals surface area contributed by atoms with Gasteiger partial charge in [0.05, 0.1) is 0 Å². The van der Waals surface area contributed by atoms with Crippen LogP contribution in [0.5, 0.6) is 0 Å². The van der Waals surface area contributed by atoms with E-state index in [1.807, 2.05) is 24.3 Å². The predicted molar refractivity (Wildman–Crippen MR) is 59.8 cm³/mol. The van der Waals surface area contributed by atoms with Crippen LogP contribution in [0.4, 0.5) is 0 Å². The van der Waals surface area contributed by atoms with E-state index in [2.05, 4.69) is 6.92 Å². The lowest BCUT2D eigenvalue weighted by molar-refractivity contribution is -0.107. The van der Waals surface area contributed by atoms with E-state index in [0.29, 0.717) is 12.3 Å². The van der Waals surface area contributed by atoms with Crippen molar-refractivity contribution >= 4 is 17.9 Å². The molecule has 0 saturated heterocycles. The molecule has 0 aliphatic carbocycles. The van der Waals surface area contributed by atoms with Crippen LogP contribution in [0.3, 0.4) is 0 Å². The van der Waals surface area contributed by atoms with Crippen molar-refractivity contribution in [1.82, 2.24) is 0 Å². The minimum Gasteiger partial charge on any atom is -0.303 e. The minimum absolute atomic E-state index is 0.507. The van der Waals surface area contributed by atoms with Crippen molar-refractivity contribution in [1.29, 1.82) is 0 Å². The number of aldehydes is 1. The molecule has 76 valence electrons. The molecule has 0 heterocycles. The molecule has 0 aliphatic rings. The van der Waals surface area contributed by atoms with E-state index in [0.717, 1.165) is 24.2 Å². The molecular formula is C12H15ClO. The number of carbonyl (C=O) groups is 1. The van der Waals surface area contributed by atoms with Gasteiger partial charge in [0.25, 0.3) is 0 Å². The van der Waals surface area contributed by atoms with Gasteiger partial charge in [0.2, 0.25) is 0 Å². The van der Waals surface area contributed by atoms with E-state index in [9.17, 15) is 4.79 Å². The summed E-state index contributed by atoms with van der Waals surface area (Å²) in [5, 5.41) is 0.772. The second-order valence-corrected chi connectivity index (χ2v) is 3.99. The number of rotatable bonds is 5. The summed E-state index contributed by atoms with van der Waals surface area (Å²) < 4.78 is 0. The molecule has 2 heteroatoms. The Kier molecular flexibility index (Phi) is 4.68. The van der Waals surface area contributed by atoms with Crippen molar-refractivity contribution < 1.29 is 4.79 Å². The van der Waals surface area contributed by atoms with Crippen LogP contribution in [0, 0.1) is 0 Å². The average Bonchev–Trinajstić information content (AvgIpc) is 2.19. The number of unbranched alkanes of at least 4 members (excludes halogenated alkanes) is 1. The SMILES string of the molecule is CC(CCCC=O)c1ccc(Cl)cc1. The third-order valence-electron chi connectivity index (χ3n) is 2.40. The maximum absolute atomic E-state index is 10.2. The molecule has 0 spiro atoms. The average molecular weight is 211 g/mol. The molecule has 1 aromatic rings. The Morgan fingerprint density at radius 3 is 2.57 bits per heavy atom. The van der Waals surface area contributed by atoms with Gasteiger partial charge in [-0.05, 0) is 36.5 Å². The molecule has 0 N–H and O–H groups in total. The van der Waals surface area contributed by atoms with Crippen LogP contribution < -0.4 is 0 Å². The van der Waals surface area contributed by atoms with Crippen LogP contribution in [-0.2, 0) is 4.79 Å². The monoisotopic (exact) mass is 210 g/mol. The first-order valence-corrected chi connectivity index (χ1v) is 5.31. The number of halogens is 1. The first-order valence-electron chi connectivity index (χ1n) is 4.93. The smallest absolute Gasteiger partial charge is 0.119 e. The second kappa shape index (κ2) is 5.82. The summed E-state index contributed by atoms with van der Waals surface area (Å²) >= 11 is 5.80. The maximum Gasteiger partial charge on any atom is 0.119 e. The third kappa shape index (κ3) is 3.51. The molecule has 1 rings (SSSR count). The van der Waals surface area contributed by atoms with Crippen LogP contribution in [0.2, 0.25) is 5.02 Å². The fourth-order valence-corrected chi connectivity index (χ4v) is 1.59. The molecule has 0 aliphatic heterocycles. The molecule has 0 fully saturated rings. The maximum atomic E-state index is 10.2. The van der Waals surface area contributed by atoms with Gasteiger partial charge in [-0.3, -0.25) is 0 Å². The fourth-order valence-electron chi connectivity index (χ4n) is 1.47. The van der Waals surface area contributed by atoms with Gasteiger partial charge < -0.3 is 4.79 Å². The van der Waals surface area contributed by atoms with E-state index >= 15 is 0 Å². The van der Waals surface area contributed by atoms with Gasteiger partial charge >= 0.3 is 0 Å². The van der Waals surface area contributed by atoms with E-state index in [1.165, 1.54) is 5.56 Å². The number of benzene rings is 1. The molecule has 0 radical (unpaired) electrons. The molecule has 14 heavy (non-hydrogen) atoms. The zero-order valence-corrected chi connectivity index (χ0v) is 9.13. The number of carbonyl (C=O) groups excluding carboxylic acids is 1. The van der Waals surface area contributed by atoms with Crippen molar-refractivity contribution in [3.63, 3.8) is 0 Å². The van der Waals surface area contributed by atoms with Gasteiger partial charge in [-0.1, -0.05) is 30.7 Å². The topological polar surface area (TPSA) is 17.1 Å². The fraction of sp³-hybridized carbons (Fsp3) is 0.417. The Balaban J connectivity index is 2.47. The quantitative estimate of drug-likeness (QED) is 0.534. The van der Waals surface area contributed by atoms with E-state index < -0.39 is 0 Å². The summed E-state index contributed by atoms with van der Waals surface area (Å²) in [5.41, 5.74) is 1.29. The highest BCUT2D eigenvalue weighted by Gasteiger charge is 2.04. The molecule has 1 atom stereocenters. The van der Waals surface area contributed by atoms with Gasteiger partial charge in [-0.25, -0.2) is 0 Å². The van der Waals surface area contributed by atoms with E-state index in [-0.39, 0.29) is 0 Å². The molecular weight excluding hydrogens is 196 g/mol. The predicted octanol–water partition coefficient (Wildman–Crippen LogP) is 3.81. The Morgan fingerprint density at radius 1 is 1.36 bits per heavy atom. The minimum atomic E-state index is 0.507. The Morgan fingerprint density at radius 2 is 2.00 bits per heavy atom.